The van der Waals surface area contributed by atoms with Crippen molar-refractivity contribution in [1.29, 1.82) is 0 Å². The summed E-state index contributed by atoms with van der Waals surface area (Å²) in [7, 11) is 0. The molecule has 0 saturated heterocycles. The summed E-state index contributed by atoms with van der Waals surface area (Å²) in [6.07, 6.45) is 0.180. The van der Waals surface area contributed by atoms with E-state index >= 15 is 0 Å². The molecule has 0 radical (unpaired) electrons. The minimum Gasteiger partial charge on any atom is -0.396 e. The Morgan fingerprint density at radius 2 is 2.00 bits per heavy atom. The summed E-state index contributed by atoms with van der Waals surface area (Å²) in [5.41, 5.74) is 5.16. The van der Waals surface area contributed by atoms with Gasteiger partial charge in [-0.3, -0.25) is 0 Å². The van der Waals surface area contributed by atoms with Crippen LogP contribution in [0.4, 0.5) is 0 Å². The Morgan fingerprint density at radius 3 is 2.46 bits per heavy atom. The molecule has 3 unspecified atom stereocenters. The van der Waals surface area contributed by atoms with Crippen LogP contribution in [0.1, 0.15) is 20.3 Å². The Bertz CT molecular complexity index is 121. The van der Waals surface area contributed by atoms with Crippen molar-refractivity contribution in [3.63, 3.8) is 0 Å². The zero-order valence-electron chi connectivity index (χ0n) is 8.44. The molecule has 0 heterocycles. The maximum atomic E-state index is 9.61. The summed E-state index contributed by atoms with van der Waals surface area (Å²) in [4.78, 5) is 0. The molecule has 0 aromatic rings. The lowest BCUT2D eigenvalue weighted by Crippen LogP contribution is -2.26. The Morgan fingerprint density at radius 1 is 1.38 bits per heavy atom. The Kier molecular flexibility index (Phi) is 7.17. The number of aliphatic hydroxyl groups excluding tert-OH is 2. The van der Waals surface area contributed by atoms with E-state index in [1.54, 1.807) is 0 Å². The summed E-state index contributed by atoms with van der Waals surface area (Å²) in [5.74, 6) is 0.202. The molecule has 0 fully saturated rings. The molecule has 0 aromatic carbocycles. The maximum Gasteiger partial charge on any atom is 0.0940 e. The average molecular weight is 191 g/mol. The minimum absolute atomic E-state index is 0.0672. The van der Waals surface area contributed by atoms with E-state index in [4.69, 9.17) is 15.6 Å². The second-order valence-electron chi connectivity index (χ2n) is 3.61. The molecule has 0 spiro atoms. The van der Waals surface area contributed by atoms with Crippen LogP contribution in [0.15, 0.2) is 0 Å². The molecule has 0 saturated carbocycles. The van der Waals surface area contributed by atoms with Crippen molar-refractivity contribution in [1.82, 2.24) is 0 Å². The first kappa shape index (κ1) is 12.8. The molecule has 0 aliphatic carbocycles. The normalized spacial score (nSPS) is 18.2. The van der Waals surface area contributed by atoms with Crippen molar-refractivity contribution < 1.29 is 14.9 Å². The van der Waals surface area contributed by atoms with Gasteiger partial charge in [-0.15, -0.1) is 0 Å². The van der Waals surface area contributed by atoms with Gasteiger partial charge >= 0.3 is 0 Å². The van der Waals surface area contributed by atoms with Crippen LogP contribution in [0.25, 0.3) is 0 Å². The quantitative estimate of drug-likeness (QED) is 0.493. The van der Waals surface area contributed by atoms with E-state index in [0.717, 1.165) is 0 Å². The molecule has 0 aromatic heterocycles. The number of hydrogen-bond donors (Lipinski definition) is 3. The molecule has 0 bridgehead atoms. The van der Waals surface area contributed by atoms with Gasteiger partial charge in [-0.05, 0) is 12.3 Å². The van der Waals surface area contributed by atoms with Gasteiger partial charge in [0.05, 0.1) is 19.4 Å². The first-order valence-corrected chi connectivity index (χ1v) is 4.68. The van der Waals surface area contributed by atoms with Crippen molar-refractivity contribution in [2.24, 2.45) is 17.6 Å². The lowest BCUT2D eigenvalue weighted by Gasteiger charge is -2.20. The number of aliphatic hydroxyl groups is 2. The van der Waals surface area contributed by atoms with E-state index in [1.165, 1.54) is 0 Å². The number of nitrogens with two attached hydrogens (primary N) is 1. The first-order valence-electron chi connectivity index (χ1n) is 4.68. The number of hydrogen-bond acceptors (Lipinski definition) is 4. The molecule has 0 aliphatic rings. The van der Waals surface area contributed by atoms with Gasteiger partial charge in [0.1, 0.15) is 0 Å². The highest BCUT2D eigenvalue weighted by molar-refractivity contribution is 4.66. The number of ether oxygens (including phenoxy) is 1. The molecular formula is C9H21NO3. The first-order chi connectivity index (χ1) is 6.11. The monoisotopic (exact) mass is 191 g/mol. The smallest absolute Gasteiger partial charge is 0.0940 e. The molecule has 4 heteroatoms. The molecular weight excluding hydrogens is 170 g/mol. The van der Waals surface area contributed by atoms with Gasteiger partial charge in [-0.25, -0.2) is 0 Å². The van der Waals surface area contributed by atoms with Gasteiger partial charge < -0.3 is 20.7 Å². The van der Waals surface area contributed by atoms with E-state index in [-0.39, 0.29) is 25.2 Å². The van der Waals surface area contributed by atoms with Gasteiger partial charge in [0.25, 0.3) is 0 Å². The second-order valence-corrected chi connectivity index (χ2v) is 3.61. The fourth-order valence-electron chi connectivity index (χ4n) is 1.08. The largest absolute Gasteiger partial charge is 0.396 e. The van der Waals surface area contributed by atoms with Crippen LogP contribution in [0.2, 0.25) is 0 Å². The van der Waals surface area contributed by atoms with Crippen LogP contribution < -0.4 is 5.73 Å². The van der Waals surface area contributed by atoms with E-state index in [0.29, 0.717) is 13.0 Å². The van der Waals surface area contributed by atoms with Crippen molar-refractivity contribution in [2.45, 2.75) is 26.4 Å². The molecule has 13 heavy (non-hydrogen) atoms. The van der Waals surface area contributed by atoms with Crippen LogP contribution in [0.5, 0.6) is 0 Å². The van der Waals surface area contributed by atoms with Crippen molar-refractivity contribution in [3.8, 4) is 0 Å². The maximum absolute atomic E-state index is 9.61. The fourth-order valence-corrected chi connectivity index (χ4v) is 1.08. The third-order valence-corrected chi connectivity index (χ3v) is 2.11. The SMILES string of the molecule is CC(CO)CC(O)C(C)COCN. The van der Waals surface area contributed by atoms with Gasteiger partial charge in [0, 0.05) is 12.5 Å². The van der Waals surface area contributed by atoms with Gasteiger partial charge in [-0.1, -0.05) is 13.8 Å². The third-order valence-electron chi connectivity index (χ3n) is 2.11. The molecule has 0 aliphatic heterocycles. The predicted octanol–water partition coefficient (Wildman–Crippen LogP) is -0.0653. The topological polar surface area (TPSA) is 75.7 Å². The Labute approximate surface area is 79.7 Å². The molecule has 4 nitrogen and oxygen atoms in total. The standard InChI is InChI=1S/C9H21NO3/c1-7(4-11)3-9(12)8(2)5-13-6-10/h7-9,11-12H,3-6,10H2,1-2H3. The van der Waals surface area contributed by atoms with E-state index < -0.39 is 6.10 Å². The lowest BCUT2D eigenvalue weighted by atomic mass is 9.96. The Hall–Kier alpha value is -0.160. The molecule has 3 atom stereocenters. The highest BCUT2D eigenvalue weighted by atomic mass is 16.5. The van der Waals surface area contributed by atoms with Crippen molar-refractivity contribution >= 4 is 0 Å². The third kappa shape index (κ3) is 5.99. The zero-order valence-corrected chi connectivity index (χ0v) is 8.44. The number of rotatable bonds is 7. The van der Waals surface area contributed by atoms with Gasteiger partial charge in [-0.2, -0.15) is 0 Å². The molecule has 80 valence electrons. The highest BCUT2D eigenvalue weighted by Gasteiger charge is 2.16. The lowest BCUT2D eigenvalue weighted by molar-refractivity contribution is 0.0222. The van der Waals surface area contributed by atoms with Crippen LogP contribution in [-0.2, 0) is 4.74 Å². The summed E-state index contributed by atoms with van der Waals surface area (Å²) in [6, 6.07) is 0. The van der Waals surface area contributed by atoms with Crippen LogP contribution in [-0.4, -0.2) is 36.3 Å². The summed E-state index contributed by atoms with van der Waals surface area (Å²) in [6.45, 7) is 4.58. The van der Waals surface area contributed by atoms with E-state index in [2.05, 4.69) is 0 Å². The predicted molar refractivity (Wildman–Crippen MR) is 51.0 cm³/mol. The van der Waals surface area contributed by atoms with Gasteiger partial charge in [0.15, 0.2) is 0 Å². The van der Waals surface area contributed by atoms with Crippen LogP contribution in [0, 0.1) is 11.8 Å². The van der Waals surface area contributed by atoms with E-state index in [9.17, 15) is 5.11 Å². The summed E-state index contributed by atoms with van der Waals surface area (Å²) in [5, 5.41) is 18.4. The van der Waals surface area contributed by atoms with Crippen LogP contribution in [0.3, 0.4) is 0 Å². The fraction of sp³-hybridized carbons (Fsp3) is 1.00. The summed E-state index contributed by atoms with van der Waals surface area (Å²) >= 11 is 0. The summed E-state index contributed by atoms with van der Waals surface area (Å²) < 4.78 is 4.99. The second kappa shape index (κ2) is 7.26. The Balaban J connectivity index is 3.61. The molecule has 4 N–H and O–H groups in total. The minimum atomic E-state index is -0.423. The van der Waals surface area contributed by atoms with Crippen molar-refractivity contribution in [2.75, 3.05) is 19.9 Å². The zero-order chi connectivity index (χ0) is 10.3. The van der Waals surface area contributed by atoms with Gasteiger partial charge in [0.2, 0.25) is 0 Å². The highest BCUT2D eigenvalue weighted by Crippen LogP contribution is 2.13. The van der Waals surface area contributed by atoms with E-state index in [1.807, 2.05) is 13.8 Å². The molecule has 0 amide bonds. The molecule has 0 rings (SSSR count). The van der Waals surface area contributed by atoms with Crippen LogP contribution >= 0.6 is 0 Å². The van der Waals surface area contributed by atoms with Crippen molar-refractivity contribution in [3.05, 3.63) is 0 Å². The average Bonchev–Trinajstić information content (AvgIpc) is 2.13.